The quantitative estimate of drug-likeness (QED) is 0.772. The number of H-pyrrole nitrogens is 1. The van der Waals surface area contributed by atoms with Gasteiger partial charge in [-0.15, -0.1) is 0 Å². The van der Waals surface area contributed by atoms with E-state index in [1.165, 1.54) is 5.56 Å². The number of hydrogen-bond acceptors (Lipinski definition) is 3. The summed E-state index contributed by atoms with van der Waals surface area (Å²) in [5.74, 6) is 0. The van der Waals surface area contributed by atoms with Gasteiger partial charge in [-0.3, -0.25) is 4.79 Å². The summed E-state index contributed by atoms with van der Waals surface area (Å²) in [6, 6.07) is 17.9. The van der Waals surface area contributed by atoms with Crippen molar-refractivity contribution in [2.45, 2.75) is 19.5 Å². The van der Waals surface area contributed by atoms with Gasteiger partial charge >= 0.3 is 0 Å². The van der Waals surface area contributed by atoms with Gasteiger partial charge in [-0.25, -0.2) is 4.98 Å². The van der Waals surface area contributed by atoms with E-state index in [0.717, 1.165) is 11.0 Å². The molecule has 1 aromatic heterocycles. The molecule has 1 heterocycles. The molecule has 3 rings (SSSR count). The highest BCUT2D eigenvalue weighted by Crippen LogP contribution is 2.12. The van der Waals surface area contributed by atoms with Gasteiger partial charge in [0, 0.05) is 12.6 Å². The average molecular weight is 279 g/mol. The summed E-state index contributed by atoms with van der Waals surface area (Å²) in [4.78, 5) is 19.3. The highest BCUT2D eigenvalue weighted by molar-refractivity contribution is 5.73. The van der Waals surface area contributed by atoms with Crippen LogP contribution in [0.25, 0.3) is 11.0 Å². The second-order valence-electron chi connectivity index (χ2n) is 5.04. The van der Waals surface area contributed by atoms with Crippen molar-refractivity contribution < 1.29 is 0 Å². The maximum atomic E-state index is 12.0. The predicted octanol–water partition coefficient (Wildman–Crippen LogP) is 2.77. The standard InChI is InChI=1S/C17H17N3O/c1-12(13-7-3-2-4-8-13)18-11-16-17(21)20-15-10-6-5-9-14(15)19-16/h2-10,12,18H,11H2,1H3,(H,20,21). The number of benzene rings is 2. The Morgan fingerprint density at radius 2 is 1.81 bits per heavy atom. The molecule has 0 fully saturated rings. The van der Waals surface area contributed by atoms with E-state index in [2.05, 4.69) is 34.3 Å². The molecule has 0 aliphatic carbocycles. The molecule has 21 heavy (non-hydrogen) atoms. The Morgan fingerprint density at radius 1 is 1.10 bits per heavy atom. The number of aromatic amines is 1. The van der Waals surface area contributed by atoms with Crippen molar-refractivity contribution in [1.29, 1.82) is 0 Å². The van der Waals surface area contributed by atoms with Crippen LogP contribution < -0.4 is 10.9 Å². The van der Waals surface area contributed by atoms with Crippen molar-refractivity contribution in [3.8, 4) is 0 Å². The van der Waals surface area contributed by atoms with Crippen LogP contribution in [0.15, 0.2) is 59.4 Å². The first-order chi connectivity index (χ1) is 10.2. The number of para-hydroxylation sites is 2. The smallest absolute Gasteiger partial charge is 0.271 e. The summed E-state index contributed by atoms with van der Waals surface area (Å²) in [5.41, 5.74) is 3.14. The summed E-state index contributed by atoms with van der Waals surface area (Å²) in [6.07, 6.45) is 0. The molecular formula is C17H17N3O. The molecule has 0 spiro atoms. The molecule has 1 atom stereocenters. The summed E-state index contributed by atoms with van der Waals surface area (Å²) in [7, 11) is 0. The predicted molar refractivity (Wildman–Crippen MR) is 84.1 cm³/mol. The third kappa shape index (κ3) is 3.01. The third-order valence-electron chi connectivity index (χ3n) is 3.55. The second kappa shape index (κ2) is 5.89. The molecule has 0 radical (unpaired) electrons. The van der Waals surface area contributed by atoms with E-state index in [-0.39, 0.29) is 11.6 Å². The van der Waals surface area contributed by atoms with Gasteiger partial charge in [0.15, 0.2) is 0 Å². The van der Waals surface area contributed by atoms with Crippen LogP contribution >= 0.6 is 0 Å². The number of hydrogen-bond donors (Lipinski definition) is 2. The zero-order chi connectivity index (χ0) is 14.7. The van der Waals surface area contributed by atoms with Gasteiger partial charge in [0.2, 0.25) is 0 Å². The monoisotopic (exact) mass is 279 g/mol. The van der Waals surface area contributed by atoms with Crippen molar-refractivity contribution in [3.63, 3.8) is 0 Å². The summed E-state index contributed by atoms with van der Waals surface area (Å²) < 4.78 is 0. The van der Waals surface area contributed by atoms with Crippen LogP contribution in [0.3, 0.4) is 0 Å². The first-order valence-electron chi connectivity index (χ1n) is 7.00. The molecule has 0 aliphatic heterocycles. The largest absolute Gasteiger partial charge is 0.319 e. The molecule has 0 amide bonds. The Morgan fingerprint density at radius 3 is 2.62 bits per heavy atom. The van der Waals surface area contributed by atoms with Gasteiger partial charge < -0.3 is 10.3 Å². The molecule has 2 N–H and O–H groups in total. The third-order valence-corrected chi connectivity index (χ3v) is 3.55. The summed E-state index contributed by atoms with van der Waals surface area (Å²) in [5, 5.41) is 3.34. The number of aromatic nitrogens is 2. The Balaban J connectivity index is 1.79. The molecule has 106 valence electrons. The summed E-state index contributed by atoms with van der Waals surface area (Å²) in [6.45, 7) is 2.51. The van der Waals surface area contributed by atoms with E-state index in [4.69, 9.17) is 0 Å². The Bertz CT molecular complexity index is 796. The van der Waals surface area contributed by atoms with E-state index in [9.17, 15) is 4.79 Å². The van der Waals surface area contributed by atoms with Crippen LogP contribution in [0, 0.1) is 0 Å². The number of rotatable bonds is 4. The number of fused-ring (bicyclic) bond motifs is 1. The molecule has 3 aromatic rings. The molecule has 4 nitrogen and oxygen atoms in total. The molecule has 1 unspecified atom stereocenters. The molecule has 0 saturated heterocycles. The topological polar surface area (TPSA) is 57.8 Å². The first kappa shape index (κ1) is 13.5. The minimum absolute atomic E-state index is 0.138. The maximum Gasteiger partial charge on any atom is 0.271 e. The fraction of sp³-hybridized carbons (Fsp3) is 0.176. The zero-order valence-corrected chi connectivity index (χ0v) is 11.8. The number of nitrogens with one attached hydrogen (secondary N) is 2. The second-order valence-corrected chi connectivity index (χ2v) is 5.04. The minimum Gasteiger partial charge on any atom is -0.319 e. The van der Waals surface area contributed by atoms with Gasteiger partial charge in [-0.1, -0.05) is 42.5 Å². The molecule has 0 bridgehead atoms. The lowest BCUT2D eigenvalue weighted by Crippen LogP contribution is -2.25. The molecule has 2 aromatic carbocycles. The Kier molecular flexibility index (Phi) is 3.79. The van der Waals surface area contributed by atoms with Crippen molar-refractivity contribution in [2.75, 3.05) is 0 Å². The highest BCUT2D eigenvalue weighted by atomic mass is 16.1. The van der Waals surface area contributed by atoms with Crippen LogP contribution in [0.1, 0.15) is 24.2 Å². The Labute approximate surface area is 122 Å². The van der Waals surface area contributed by atoms with E-state index in [1.807, 2.05) is 42.5 Å². The SMILES string of the molecule is CC(NCc1nc2ccccc2[nH]c1=O)c1ccccc1. The van der Waals surface area contributed by atoms with E-state index < -0.39 is 0 Å². The molecular weight excluding hydrogens is 262 g/mol. The van der Waals surface area contributed by atoms with E-state index in [1.54, 1.807) is 0 Å². The molecule has 4 heteroatoms. The van der Waals surface area contributed by atoms with Gasteiger partial charge in [0.1, 0.15) is 5.69 Å². The average Bonchev–Trinajstić information content (AvgIpc) is 2.53. The lowest BCUT2D eigenvalue weighted by Gasteiger charge is -2.13. The maximum absolute atomic E-state index is 12.0. The van der Waals surface area contributed by atoms with Crippen LogP contribution in [0.5, 0.6) is 0 Å². The van der Waals surface area contributed by atoms with Gasteiger partial charge in [-0.05, 0) is 24.6 Å². The van der Waals surface area contributed by atoms with E-state index >= 15 is 0 Å². The fourth-order valence-corrected chi connectivity index (χ4v) is 2.30. The normalized spacial score (nSPS) is 12.4. The first-order valence-corrected chi connectivity index (χ1v) is 7.00. The van der Waals surface area contributed by atoms with Crippen molar-refractivity contribution >= 4 is 11.0 Å². The van der Waals surface area contributed by atoms with Crippen LogP contribution in [0.4, 0.5) is 0 Å². The number of nitrogens with zero attached hydrogens (tertiary/aromatic N) is 1. The van der Waals surface area contributed by atoms with Crippen LogP contribution in [0.2, 0.25) is 0 Å². The Hall–Kier alpha value is -2.46. The van der Waals surface area contributed by atoms with E-state index in [0.29, 0.717) is 12.2 Å². The van der Waals surface area contributed by atoms with Crippen LogP contribution in [-0.4, -0.2) is 9.97 Å². The molecule has 0 saturated carbocycles. The highest BCUT2D eigenvalue weighted by Gasteiger charge is 2.08. The fourth-order valence-electron chi connectivity index (χ4n) is 2.30. The van der Waals surface area contributed by atoms with Gasteiger partial charge in [0.05, 0.1) is 11.0 Å². The minimum atomic E-state index is -0.138. The zero-order valence-electron chi connectivity index (χ0n) is 11.8. The lowest BCUT2D eigenvalue weighted by atomic mass is 10.1. The van der Waals surface area contributed by atoms with Crippen molar-refractivity contribution in [3.05, 3.63) is 76.2 Å². The van der Waals surface area contributed by atoms with Crippen molar-refractivity contribution in [2.24, 2.45) is 0 Å². The van der Waals surface area contributed by atoms with Gasteiger partial charge in [0.25, 0.3) is 5.56 Å². The molecule has 0 aliphatic rings. The lowest BCUT2D eigenvalue weighted by molar-refractivity contribution is 0.565. The van der Waals surface area contributed by atoms with Crippen molar-refractivity contribution in [1.82, 2.24) is 15.3 Å². The summed E-state index contributed by atoms with van der Waals surface area (Å²) >= 11 is 0. The van der Waals surface area contributed by atoms with Gasteiger partial charge in [-0.2, -0.15) is 0 Å². The van der Waals surface area contributed by atoms with Crippen LogP contribution in [-0.2, 0) is 6.54 Å².